The molecule has 0 bridgehead atoms. The monoisotopic (exact) mass is 413 g/mol. The van der Waals surface area contributed by atoms with Crippen LogP contribution in [0.2, 0.25) is 0 Å². The Balaban J connectivity index is 0.00000205. The third kappa shape index (κ3) is 3.49. The molecule has 2 N–H and O–H groups in total. The molecule has 0 radical (unpaired) electrons. The Morgan fingerprint density at radius 2 is 2.14 bits per heavy atom. The Morgan fingerprint density at radius 1 is 1.24 bits per heavy atom. The second-order valence-corrected chi connectivity index (χ2v) is 7.35. The summed E-state index contributed by atoms with van der Waals surface area (Å²) in [6, 6.07) is 8.02. The molecule has 0 aromatic carbocycles. The van der Waals surface area contributed by atoms with Gasteiger partial charge in [0.05, 0.1) is 11.2 Å². The minimum absolute atomic E-state index is 0. The predicted molar refractivity (Wildman–Crippen MR) is 116 cm³/mol. The van der Waals surface area contributed by atoms with Crippen molar-refractivity contribution in [2.24, 2.45) is 0 Å². The van der Waals surface area contributed by atoms with E-state index < -0.39 is 0 Å². The number of urea groups is 1. The third-order valence-corrected chi connectivity index (χ3v) is 5.48. The number of aromatic nitrogens is 3. The number of rotatable bonds is 2. The summed E-state index contributed by atoms with van der Waals surface area (Å²) in [5, 5.41) is 10.7. The van der Waals surface area contributed by atoms with Gasteiger partial charge in [-0.15, -0.1) is 12.4 Å². The quantitative estimate of drug-likeness (QED) is 0.675. The highest BCUT2D eigenvalue weighted by atomic mass is 35.5. The van der Waals surface area contributed by atoms with Crippen molar-refractivity contribution in [1.29, 1.82) is 0 Å². The largest absolute Gasteiger partial charge is 0.368 e. The summed E-state index contributed by atoms with van der Waals surface area (Å²) < 4.78 is 1.75. The van der Waals surface area contributed by atoms with E-state index in [4.69, 9.17) is 0 Å². The molecule has 8 nitrogen and oxygen atoms in total. The average molecular weight is 414 g/mol. The number of amides is 2. The zero-order valence-electron chi connectivity index (χ0n) is 16.2. The number of hydrogen-bond acceptors (Lipinski definition) is 5. The maximum absolute atomic E-state index is 13.0. The molecule has 29 heavy (non-hydrogen) atoms. The minimum Gasteiger partial charge on any atom is -0.368 e. The summed E-state index contributed by atoms with van der Waals surface area (Å²) >= 11 is 0. The van der Waals surface area contributed by atoms with Crippen molar-refractivity contribution >= 4 is 41.1 Å². The minimum atomic E-state index is -0.161. The van der Waals surface area contributed by atoms with E-state index in [1.165, 1.54) is 5.69 Å². The van der Waals surface area contributed by atoms with E-state index >= 15 is 0 Å². The zero-order chi connectivity index (χ0) is 19.1. The number of anilines is 3. The van der Waals surface area contributed by atoms with E-state index in [9.17, 15) is 4.79 Å². The highest BCUT2D eigenvalue weighted by Crippen LogP contribution is 2.34. The number of carbonyl (C=O) groups is 1. The Labute approximate surface area is 175 Å². The van der Waals surface area contributed by atoms with Crippen LogP contribution >= 0.6 is 12.4 Å². The summed E-state index contributed by atoms with van der Waals surface area (Å²) in [7, 11) is 0. The molecule has 1 fully saturated rings. The standard InChI is InChI=1S/C20H23N7O.ClH/c1-14-13-25(12-9-21-14)17-5-7-22-19-15(17)6-11-26(19)20(28)24-16-4-8-23-27-10-2-3-18(16)27;/h2-5,7-8,10,14,21H,6,9,11-13H2,1H3,(H,24,28);1H/t14-;/m0./s1. The van der Waals surface area contributed by atoms with Crippen molar-refractivity contribution < 1.29 is 4.79 Å². The number of nitrogens with one attached hydrogen (secondary N) is 2. The third-order valence-electron chi connectivity index (χ3n) is 5.48. The lowest BCUT2D eigenvalue weighted by atomic mass is 10.1. The van der Waals surface area contributed by atoms with Crippen LogP contribution in [0, 0.1) is 0 Å². The van der Waals surface area contributed by atoms with Gasteiger partial charge in [0.15, 0.2) is 0 Å². The summed E-state index contributed by atoms with van der Waals surface area (Å²) in [6.45, 7) is 5.74. The Kier molecular flexibility index (Phi) is 5.29. The molecule has 2 amide bonds. The number of hydrogen-bond donors (Lipinski definition) is 2. The van der Waals surface area contributed by atoms with Crippen LogP contribution < -0.4 is 20.4 Å². The normalized spacial score (nSPS) is 18.4. The number of piperazine rings is 1. The molecule has 0 spiro atoms. The number of fused-ring (bicyclic) bond motifs is 2. The van der Waals surface area contributed by atoms with Crippen molar-refractivity contribution in [2.75, 3.05) is 41.3 Å². The number of halogens is 1. The molecule has 1 atom stereocenters. The molecule has 2 aliphatic rings. The molecule has 0 saturated carbocycles. The van der Waals surface area contributed by atoms with Crippen LogP contribution in [0.1, 0.15) is 12.5 Å². The highest BCUT2D eigenvalue weighted by Gasteiger charge is 2.30. The van der Waals surface area contributed by atoms with Gasteiger partial charge in [0.2, 0.25) is 0 Å². The molecule has 152 valence electrons. The van der Waals surface area contributed by atoms with Crippen molar-refractivity contribution in [3.8, 4) is 0 Å². The van der Waals surface area contributed by atoms with Gasteiger partial charge in [0.1, 0.15) is 5.82 Å². The van der Waals surface area contributed by atoms with Gasteiger partial charge in [-0.05, 0) is 37.6 Å². The highest BCUT2D eigenvalue weighted by molar-refractivity contribution is 6.05. The molecule has 3 aromatic rings. The number of carbonyl (C=O) groups excluding carboxylic acids is 1. The van der Waals surface area contributed by atoms with Crippen LogP contribution in [0.25, 0.3) is 5.52 Å². The molecular weight excluding hydrogens is 390 g/mol. The summed E-state index contributed by atoms with van der Waals surface area (Å²) in [6.07, 6.45) is 6.17. The molecule has 5 rings (SSSR count). The number of nitrogens with zero attached hydrogens (tertiary/aromatic N) is 5. The molecule has 0 unspecified atom stereocenters. The first-order valence-electron chi connectivity index (χ1n) is 9.68. The summed E-state index contributed by atoms with van der Waals surface area (Å²) in [4.78, 5) is 21.7. The molecule has 2 aliphatic heterocycles. The van der Waals surface area contributed by atoms with E-state index in [0.29, 0.717) is 12.6 Å². The van der Waals surface area contributed by atoms with Gasteiger partial charge >= 0.3 is 6.03 Å². The van der Waals surface area contributed by atoms with Crippen LogP contribution in [0.15, 0.2) is 42.9 Å². The van der Waals surface area contributed by atoms with Crippen LogP contribution in [0.4, 0.5) is 22.0 Å². The van der Waals surface area contributed by atoms with E-state index in [1.54, 1.807) is 15.6 Å². The van der Waals surface area contributed by atoms with Gasteiger partial charge < -0.3 is 15.5 Å². The fraction of sp³-hybridized carbons (Fsp3) is 0.350. The molecule has 0 aliphatic carbocycles. The van der Waals surface area contributed by atoms with Gasteiger partial charge in [-0.25, -0.2) is 14.3 Å². The lowest BCUT2D eigenvalue weighted by Crippen LogP contribution is -2.49. The van der Waals surface area contributed by atoms with Crippen LogP contribution in [-0.4, -0.2) is 52.9 Å². The maximum Gasteiger partial charge on any atom is 0.327 e. The van der Waals surface area contributed by atoms with Crippen molar-refractivity contribution in [3.63, 3.8) is 0 Å². The first-order valence-corrected chi connectivity index (χ1v) is 9.68. The molecule has 9 heteroatoms. The SMILES string of the molecule is C[C@H]1CN(c2ccnc3c2CCN3C(=O)Nc2ccnn3cccc23)CCN1.Cl. The molecule has 5 heterocycles. The van der Waals surface area contributed by atoms with E-state index in [0.717, 1.165) is 48.6 Å². The molecule has 3 aromatic heterocycles. The average Bonchev–Trinajstić information content (AvgIpc) is 3.35. The van der Waals surface area contributed by atoms with Gasteiger partial charge in [0.25, 0.3) is 0 Å². The Bertz CT molecular complexity index is 1040. The topological polar surface area (TPSA) is 77.8 Å². The molecular formula is C20H24ClN7O. The summed E-state index contributed by atoms with van der Waals surface area (Å²) in [5.74, 6) is 0.765. The molecule has 1 saturated heterocycles. The van der Waals surface area contributed by atoms with Crippen LogP contribution in [0.3, 0.4) is 0 Å². The number of pyridine rings is 1. The Hall–Kier alpha value is -2.84. The fourth-order valence-corrected chi connectivity index (χ4v) is 4.16. The van der Waals surface area contributed by atoms with Crippen LogP contribution in [0.5, 0.6) is 0 Å². The Morgan fingerprint density at radius 3 is 3.00 bits per heavy atom. The summed E-state index contributed by atoms with van der Waals surface area (Å²) in [5.41, 5.74) is 3.97. The second-order valence-electron chi connectivity index (χ2n) is 7.35. The van der Waals surface area contributed by atoms with Crippen molar-refractivity contribution in [3.05, 3.63) is 48.4 Å². The van der Waals surface area contributed by atoms with Gasteiger partial charge in [-0.2, -0.15) is 5.10 Å². The van der Waals surface area contributed by atoms with E-state index in [1.807, 2.05) is 30.6 Å². The zero-order valence-corrected chi connectivity index (χ0v) is 17.0. The smallest absolute Gasteiger partial charge is 0.327 e. The van der Waals surface area contributed by atoms with E-state index in [2.05, 4.69) is 38.6 Å². The lowest BCUT2D eigenvalue weighted by molar-refractivity contribution is 0.257. The van der Waals surface area contributed by atoms with Gasteiger partial charge in [-0.3, -0.25) is 4.90 Å². The van der Waals surface area contributed by atoms with Crippen LogP contribution in [-0.2, 0) is 6.42 Å². The fourth-order valence-electron chi connectivity index (χ4n) is 4.16. The van der Waals surface area contributed by atoms with E-state index in [-0.39, 0.29) is 18.4 Å². The first kappa shape index (κ1) is 19.5. The second kappa shape index (κ2) is 7.88. The lowest BCUT2D eigenvalue weighted by Gasteiger charge is -2.34. The predicted octanol–water partition coefficient (Wildman–Crippen LogP) is 2.54. The van der Waals surface area contributed by atoms with Crippen molar-refractivity contribution in [1.82, 2.24) is 19.9 Å². The van der Waals surface area contributed by atoms with Crippen molar-refractivity contribution in [2.45, 2.75) is 19.4 Å². The van der Waals surface area contributed by atoms with Gasteiger partial charge in [0, 0.05) is 62.1 Å². The maximum atomic E-state index is 13.0. The van der Waals surface area contributed by atoms with Gasteiger partial charge in [-0.1, -0.05) is 0 Å². The first-order chi connectivity index (χ1) is 13.7.